The van der Waals surface area contributed by atoms with Crippen LogP contribution in [0, 0.1) is 6.92 Å². The number of amides is 1. The molecule has 24 heavy (non-hydrogen) atoms. The molecule has 0 unspecified atom stereocenters. The van der Waals surface area contributed by atoms with Crippen molar-refractivity contribution in [2.45, 2.75) is 64.3 Å². The van der Waals surface area contributed by atoms with Gasteiger partial charge in [-0.05, 0) is 25.8 Å². The summed E-state index contributed by atoms with van der Waals surface area (Å²) in [6, 6.07) is 1.75. The number of aliphatic hydroxyl groups is 1. The highest BCUT2D eigenvalue weighted by molar-refractivity contribution is 5.92. The summed E-state index contributed by atoms with van der Waals surface area (Å²) in [7, 11) is 0. The highest BCUT2D eigenvalue weighted by atomic mass is 19.4. The fourth-order valence-electron chi connectivity index (χ4n) is 3.11. The number of hydrogen-bond acceptors (Lipinski definition) is 3. The molecule has 136 valence electrons. The van der Waals surface area contributed by atoms with E-state index in [0.717, 1.165) is 12.8 Å². The summed E-state index contributed by atoms with van der Waals surface area (Å²) in [5.74, 6) is -0.327. The molecule has 0 aliphatic carbocycles. The second-order valence-corrected chi connectivity index (χ2v) is 6.41. The van der Waals surface area contributed by atoms with Crippen molar-refractivity contribution in [2.24, 2.45) is 0 Å². The van der Waals surface area contributed by atoms with E-state index < -0.39 is 24.6 Å². The summed E-state index contributed by atoms with van der Waals surface area (Å²) in [6.07, 6.45) is -4.05. The van der Waals surface area contributed by atoms with Crippen molar-refractivity contribution in [1.29, 1.82) is 0 Å². The standard InChI is InChI=1S/C16H24F3N3O2/c1-4-12(5-2)22-13(10-11(3)20-22)14(23)21-8-6-15(24,7-9-21)16(17,18)19/h10,12,24H,4-9H2,1-3H3. The molecule has 1 aliphatic heterocycles. The van der Waals surface area contributed by atoms with Gasteiger partial charge in [0.05, 0.1) is 11.7 Å². The third-order valence-electron chi connectivity index (χ3n) is 4.77. The molecule has 1 aliphatic rings. The molecule has 1 aromatic rings. The molecular formula is C16H24F3N3O2. The third-order valence-corrected chi connectivity index (χ3v) is 4.77. The van der Waals surface area contributed by atoms with Crippen LogP contribution < -0.4 is 0 Å². The van der Waals surface area contributed by atoms with Crippen molar-refractivity contribution in [3.8, 4) is 0 Å². The van der Waals surface area contributed by atoms with Crippen molar-refractivity contribution >= 4 is 5.91 Å². The number of hydrogen-bond donors (Lipinski definition) is 1. The van der Waals surface area contributed by atoms with Crippen LogP contribution in [-0.2, 0) is 0 Å². The fourth-order valence-corrected chi connectivity index (χ4v) is 3.11. The highest BCUT2D eigenvalue weighted by Crippen LogP contribution is 2.38. The summed E-state index contributed by atoms with van der Waals surface area (Å²) in [5, 5.41) is 14.1. The van der Waals surface area contributed by atoms with Gasteiger partial charge in [0.15, 0.2) is 5.60 Å². The van der Waals surface area contributed by atoms with E-state index in [0.29, 0.717) is 11.4 Å². The summed E-state index contributed by atoms with van der Waals surface area (Å²) < 4.78 is 40.3. The third kappa shape index (κ3) is 3.43. The zero-order valence-electron chi connectivity index (χ0n) is 14.2. The van der Waals surface area contributed by atoms with Crippen LogP contribution in [0.15, 0.2) is 6.07 Å². The lowest BCUT2D eigenvalue weighted by molar-refractivity contribution is -0.271. The van der Waals surface area contributed by atoms with Gasteiger partial charge in [0, 0.05) is 25.9 Å². The molecule has 1 aromatic heterocycles. The minimum Gasteiger partial charge on any atom is -0.380 e. The van der Waals surface area contributed by atoms with Gasteiger partial charge in [-0.2, -0.15) is 18.3 Å². The van der Waals surface area contributed by atoms with Crippen LogP contribution in [0.3, 0.4) is 0 Å². The zero-order valence-corrected chi connectivity index (χ0v) is 14.2. The number of aryl methyl sites for hydroxylation is 1. The molecule has 0 radical (unpaired) electrons. The lowest BCUT2D eigenvalue weighted by Crippen LogP contribution is -2.54. The molecule has 8 heteroatoms. The monoisotopic (exact) mass is 347 g/mol. The van der Waals surface area contributed by atoms with E-state index in [4.69, 9.17) is 0 Å². The van der Waals surface area contributed by atoms with E-state index in [1.54, 1.807) is 17.7 Å². The first-order chi connectivity index (χ1) is 11.1. The Morgan fingerprint density at radius 3 is 2.33 bits per heavy atom. The van der Waals surface area contributed by atoms with E-state index in [9.17, 15) is 23.1 Å². The van der Waals surface area contributed by atoms with Gasteiger partial charge in [0.25, 0.3) is 5.91 Å². The lowest BCUT2D eigenvalue weighted by Gasteiger charge is -2.39. The Morgan fingerprint density at radius 1 is 1.33 bits per heavy atom. The Hall–Kier alpha value is -1.57. The number of aromatic nitrogens is 2. The quantitative estimate of drug-likeness (QED) is 0.911. The molecule has 1 amide bonds. The van der Waals surface area contributed by atoms with Crippen molar-refractivity contribution in [1.82, 2.24) is 14.7 Å². The first-order valence-electron chi connectivity index (χ1n) is 8.27. The van der Waals surface area contributed by atoms with Crippen LogP contribution in [-0.4, -0.2) is 50.6 Å². The van der Waals surface area contributed by atoms with Gasteiger partial charge in [-0.15, -0.1) is 0 Å². The van der Waals surface area contributed by atoms with Gasteiger partial charge < -0.3 is 10.0 Å². The van der Waals surface area contributed by atoms with Crippen molar-refractivity contribution in [2.75, 3.05) is 13.1 Å². The predicted octanol–water partition coefficient (Wildman–Crippen LogP) is 3.08. The van der Waals surface area contributed by atoms with Crippen LogP contribution in [0.2, 0.25) is 0 Å². The molecule has 1 fully saturated rings. The second-order valence-electron chi connectivity index (χ2n) is 6.41. The minimum atomic E-state index is -4.67. The van der Waals surface area contributed by atoms with Crippen LogP contribution in [0.5, 0.6) is 0 Å². The molecular weight excluding hydrogens is 323 g/mol. The molecule has 1 N–H and O–H groups in total. The molecule has 0 atom stereocenters. The fraction of sp³-hybridized carbons (Fsp3) is 0.750. The molecule has 2 heterocycles. The van der Waals surface area contributed by atoms with Gasteiger partial charge in [-0.25, -0.2) is 0 Å². The largest absolute Gasteiger partial charge is 0.417 e. The molecule has 0 bridgehead atoms. The van der Waals surface area contributed by atoms with Crippen molar-refractivity contribution in [3.05, 3.63) is 17.5 Å². The average Bonchev–Trinajstić information content (AvgIpc) is 2.89. The van der Waals surface area contributed by atoms with Crippen LogP contribution in [0.1, 0.15) is 61.8 Å². The zero-order chi connectivity index (χ0) is 18.1. The smallest absolute Gasteiger partial charge is 0.380 e. The molecule has 0 aromatic carbocycles. The Balaban J connectivity index is 2.17. The minimum absolute atomic E-state index is 0.0783. The number of carbonyl (C=O) groups excluding carboxylic acids is 1. The normalized spacial score (nSPS) is 18.2. The number of halogens is 3. The number of nitrogens with zero attached hydrogens (tertiary/aromatic N) is 3. The Morgan fingerprint density at radius 2 is 1.88 bits per heavy atom. The summed E-state index contributed by atoms with van der Waals surface area (Å²) in [6.45, 7) is 5.55. The lowest BCUT2D eigenvalue weighted by atomic mass is 9.90. The van der Waals surface area contributed by atoms with Crippen molar-refractivity contribution < 1.29 is 23.1 Å². The van der Waals surface area contributed by atoms with E-state index in [-0.39, 0.29) is 25.0 Å². The van der Waals surface area contributed by atoms with Gasteiger partial charge in [0.1, 0.15) is 5.69 Å². The number of likely N-dealkylation sites (tertiary alicyclic amines) is 1. The van der Waals surface area contributed by atoms with Crippen molar-refractivity contribution in [3.63, 3.8) is 0 Å². The maximum atomic E-state index is 12.9. The van der Waals surface area contributed by atoms with Gasteiger partial charge in [-0.1, -0.05) is 13.8 Å². The van der Waals surface area contributed by atoms with E-state index in [1.165, 1.54) is 4.90 Å². The molecule has 0 spiro atoms. The van der Waals surface area contributed by atoms with Crippen LogP contribution in [0.25, 0.3) is 0 Å². The molecule has 0 saturated carbocycles. The van der Waals surface area contributed by atoms with E-state index in [1.807, 2.05) is 13.8 Å². The topological polar surface area (TPSA) is 58.4 Å². The second kappa shape index (κ2) is 6.74. The number of rotatable bonds is 4. The molecule has 2 rings (SSSR count). The molecule has 1 saturated heterocycles. The predicted molar refractivity (Wildman–Crippen MR) is 82.7 cm³/mol. The maximum Gasteiger partial charge on any atom is 0.417 e. The maximum absolute atomic E-state index is 12.9. The summed E-state index contributed by atoms with van der Waals surface area (Å²) in [5.41, 5.74) is -1.59. The number of carbonyl (C=O) groups is 1. The van der Waals surface area contributed by atoms with E-state index >= 15 is 0 Å². The Labute approximate surface area is 139 Å². The van der Waals surface area contributed by atoms with Gasteiger partial charge >= 0.3 is 6.18 Å². The summed E-state index contributed by atoms with van der Waals surface area (Å²) in [4.78, 5) is 14.1. The Bertz CT molecular complexity index is 586. The van der Waals surface area contributed by atoms with Crippen LogP contribution >= 0.6 is 0 Å². The number of piperidine rings is 1. The molecule has 5 nitrogen and oxygen atoms in total. The van der Waals surface area contributed by atoms with Crippen LogP contribution in [0.4, 0.5) is 13.2 Å². The SMILES string of the molecule is CCC(CC)n1nc(C)cc1C(=O)N1CCC(O)(C(F)(F)F)CC1. The first kappa shape index (κ1) is 18.8. The summed E-state index contributed by atoms with van der Waals surface area (Å²) >= 11 is 0. The van der Waals surface area contributed by atoms with E-state index in [2.05, 4.69) is 5.10 Å². The van der Waals surface area contributed by atoms with Gasteiger partial charge in [-0.3, -0.25) is 9.48 Å². The van der Waals surface area contributed by atoms with Gasteiger partial charge in [0.2, 0.25) is 0 Å². The average molecular weight is 347 g/mol. The Kier molecular flexibility index (Phi) is 5.27. The number of alkyl halides is 3. The highest BCUT2D eigenvalue weighted by Gasteiger charge is 2.55. The first-order valence-corrected chi connectivity index (χ1v) is 8.27.